The van der Waals surface area contributed by atoms with Crippen LogP contribution in [0.5, 0.6) is 0 Å². The van der Waals surface area contributed by atoms with Crippen molar-refractivity contribution in [3.63, 3.8) is 0 Å². The summed E-state index contributed by atoms with van der Waals surface area (Å²) in [5, 5.41) is 32.6. The molecule has 0 spiro atoms. The summed E-state index contributed by atoms with van der Waals surface area (Å²) in [5.74, 6) is 0.142. The van der Waals surface area contributed by atoms with Gasteiger partial charge in [0.05, 0.1) is 22.5 Å². The molecule has 0 aromatic carbocycles. The van der Waals surface area contributed by atoms with Crippen molar-refractivity contribution in [2.45, 2.75) is 28.2 Å². The summed E-state index contributed by atoms with van der Waals surface area (Å²) in [7, 11) is 1.59. The summed E-state index contributed by atoms with van der Waals surface area (Å²) < 4.78 is 1.33. The molecule has 0 amide bonds. The van der Waals surface area contributed by atoms with Gasteiger partial charge in [0.2, 0.25) is 0 Å². The molecule has 2 rings (SSSR count). The molecule has 0 saturated carbocycles. The summed E-state index contributed by atoms with van der Waals surface area (Å²) in [6.45, 7) is 5.29. The highest BCUT2D eigenvalue weighted by Crippen LogP contribution is 2.27. The number of pyridine rings is 1. The molecule has 2 aromatic rings. The standard InChI is InChI=1S/C13H15N5O2.CH4/c1-7-5-10(6-14)9(3)15-11(7)12-8(2)13(18(19)20)17(4)16-12;/h5,18-19H,1-4H3;1H4. The van der Waals surface area contributed by atoms with Gasteiger partial charge >= 0.3 is 0 Å². The van der Waals surface area contributed by atoms with Crippen LogP contribution in [0.4, 0.5) is 5.82 Å². The van der Waals surface area contributed by atoms with Gasteiger partial charge in [-0.25, -0.2) is 14.9 Å². The van der Waals surface area contributed by atoms with Crippen LogP contribution in [0.3, 0.4) is 0 Å². The summed E-state index contributed by atoms with van der Waals surface area (Å²) in [6.07, 6.45) is 0. The SMILES string of the molecule is C.Cc1cc(C#N)c(C)nc1-c1nn(C)c([NH+]([O-])O)c1C. The van der Waals surface area contributed by atoms with Crippen LogP contribution in [-0.4, -0.2) is 20.0 Å². The third-order valence-corrected chi connectivity index (χ3v) is 3.24. The molecule has 21 heavy (non-hydrogen) atoms. The van der Waals surface area contributed by atoms with Crippen LogP contribution in [0, 0.1) is 37.3 Å². The number of hydrogen-bond acceptors (Lipinski definition) is 5. The summed E-state index contributed by atoms with van der Waals surface area (Å²) in [4.78, 5) is 4.40. The van der Waals surface area contributed by atoms with Crippen molar-refractivity contribution in [3.8, 4) is 17.5 Å². The molecule has 1 unspecified atom stereocenters. The predicted molar refractivity (Wildman–Crippen MR) is 77.9 cm³/mol. The molecular formula is C14H19N5O2. The minimum Gasteiger partial charge on any atom is -0.594 e. The van der Waals surface area contributed by atoms with Crippen molar-refractivity contribution < 1.29 is 10.4 Å². The Bertz CT molecular complexity index is 713. The highest BCUT2D eigenvalue weighted by molar-refractivity contribution is 5.67. The number of nitrogens with zero attached hydrogens (tertiary/aromatic N) is 4. The maximum absolute atomic E-state index is 11.2. The topological polar surface area (TPSA) is 102 Å². The van der Waals surface area contributed by atoms with E-state index in [4.69, 9.17) is 5.26 Å². The average molecular weight is 289 g/mol. The molecule has 0 saturated heterocycles. The van der Waals surface area contributed by atoms with Crippen LogP contribution in [0.15, 0.2) is 6.07 Å². The number of hydrogen-bond donors (Lipinski definition) is 2. The molecule has 0 aliphatic carbocycles. The first-order valence-electron chi connectivity index (χ1n) is 6.02. The van der Waals surface area contributed by atoms with E-state index in [0.29, 0.717) is 28.2 Å². The minimum atomic E-state index is -1.02. The Morgan fingerprint density at radius 2 is 1.95 bits per heavy atom. The second-order valence-electron chi connectivity index (χ2n) is 4.65. The third kappa shape index (κ3) is 2.78. The smallest absolute Gasteiger partial charge is 0.260 e. The van der Waals surface area contributed by atoms with Gasteiger partial charge in [0, 0.05) is 7.05 Å². The highest BCUT2D eigenvalue weighted by atomic mass is 16.8. The van der Waals surface area contributed by atoms with Gasteiger partial charge < -0.3 is 5.21 Å². The van der Waals surface area contributed by atoms with Crippen LogP contribution in [0.25, 0.3) is 11.4 Å². The second-order valence-corrected chi connectivity index (χ2v) is 4.65. The number of quaternary nitrogens is 1. The molecular weight excluding hydrogens is 270 g/mol. The Morgan fingerprint density at radius 1 is 1.33 bits per heavy atom. The second kappa shape index (κ2) is 6.01. The summed E-state index contributed by atoms with van der Waals surface area (Å²) in [5.41, 5.74) is 3.63. The van der Waals surface area contributed by atoms with Gasteiger partial charge in [0.25, 0.3) is 5.82 Å². The largest absolute Gasteiger partial charge is 0.594 e. The number of nitrogens with one attached hydrogen (secondary N) is 1. The maximum atomic E-state index is 11.2. The molecule has 0 fully saturated rings. The number of aryl methyl sites for hydroxylation is 3. The lowest BCUT2D eigenvalue weighted by molar-refractivity contribution is -0.994. The Morgan fingerprint density at radius 3 is 2.43 bits per heavy atom. The maximum Gasteiger partial charge on any atom is 0.260 e. The summed E-state index contributed by atoms with van der Waals surface area (Å²) >= 11 is 0. The zero-order valence-electron chi connectivity index (χ0n) is 11.7. The fourth-order valence-electron chi connectivity index (χ4n) is 2.21. The Kier molecular flexibility index (Phi) is 4.80. The van der Waals surface area contributed by atoms with Crippen molar-refractivity contribution in [3.05, 3.63) is 33.7 Å². The lowest BCUT2D eigenvalue weighted by Gasteiger charge is -2.11. The van der Waals surface area contributed by atoms with Crippen molar-refractivity contribution in [1.82, 2.24) is 14.8 Å². The van der Waals surface area contributed by atoms with E-state index >= 15 is 0 Å². The van der Waals surface area contributed by atoms with Gasteiger partial charge in [-0.05, 0) is 32.4 Å². The number of nitriles is 1. The molecule has 0 aliphatic heterocycles. The van der Waals surface area contributed by atoms with Crippen molar-refractivity contribution in [2.24, 2.45) is 7.05 Å². The third-order valence-electron chi connectivity index (χ3n) is 3.24. The minimum absolute atomic E-state index is 0. The first-order valence-corrected chi connectivity index (χ1v) is 6.02. The number of rotatable bonds is 2. The fraction of sp³-hybridized carbons (Fsp3) is 0.357. The van der Waals surface area contributed by atoms with Crippen molar-refractivity contribution in [2.75, 3.05) is 0 Å². The first kappa shape index (κ1) is 16.8. The molecule has 0 aliphatic rings. The van der Waals surface area contributed by atoms with E-state index in [-0.39, 0.29) is 13.2 Å². The lowest BCUT2D eigenvalue weighted by atomic mass is 10.1. The van der Waals surface area contributed by atoms with Gasteiger partial charge in [0.15, 0.2) is 0 Å². The summed E-state index contributed by atoms with van der Waals surface area (Å²) in [6, 6.07) is 3.82. The van der Waals surface area contributed by atoms with Gasteiger partial charge in [0.1, 0.15) is 11.8 Å². The zero-order valence-corrected chi connectivity index (χ0v) is 11.7. The molecule has 2 N–H and O–H groups in total. The van der Waals surface area contributed by atoms with E-state index < -0.39 is 5.23 Å². The number of aromatic nitrogens is 3. The quantitative estimate of drug-likeness (QED) is 0.812. The van der Waals surface area contributed by atoms with E-state index in [2.05, 4.69) is 16.2 Å². The van der Waals surface area contributed by atoms with Crippen LogP contribution >= 0.6 is 0 Å². The van der Waals surface area contributed by atoms with E-state index in [1.807, 2.05) is 6.92 Å². The molecule has 112 valence electrons. The van der Waals surface area contributed by atoms with Crippen LogP contribution in [0.2, 0.25) is 0 Å². The lowest BCUT2D eigenvalue weighted by Crippen LogP contribution is -3.00. The van der Waals surface area contributed by atoms with Crippen LogP contribution in [-0.2, 0) is 7.05 Å². The van der Waals surface area contributed by atoms with Crippen LogP contribution in [0.1, 0.15) is 29.8 Å². The molecule has 2 heterocycles. The van der Waals surface area contributed by atoms with E-state index in [0.717, 1.165) is 5.56 Å². The highest BCUT2D eigenvalue weighted by Gasteiger charge is 2.21. The Labute approximate surface area is 123 Å². The molecule has 7 nitrogen and oxygen atoms in total. The fourth-order valence-corrected chi connectivity index (χ4v) is 2.21. The predicted octanol–water partition coefficient (Wildman–Crippen LogP) is 1.32. The molecule has 0 bridgehead atoms. The van der Waals surface area contributed by atoms with Gasteiger partial charge in [-0.15, -0.1) is 0 Å². The zero-order chi connectivity index (χ0) is 15.0. The van der Waals surface area contributed by atoms with Gasteiger partial charge in [-0.2, -0.15) is 15.6 Å². The van der Waals surface area contributed by atoms with Gasteiger partial charge in [-0.1, -0.05) is 7.43 Å². The molecule has 1 atom stereocenters. The monoisotopic (exact) mass is 289 g/mol. The molecule has 7 heteroatoms. The molecule has 2 aromatic heterocycles. The van der Waals surface area contributed by atoms with Crippen LogP contribution < -0.4 is 5.23 Å². The normalized spacial score (nSPS) is 11.7. The molecule has 0 radical (unpaired) electrons. The Hall–Kier alpha value is -2.27. The van der Waals surface area contributed by atoms with E-state index in [9.17, 15) is 10.4 Å². The van der Waals surface area contributed by atoms with Gasteiger partial charge in [-0.3, -0.25) is 0 Å². The van der Waals surface area contributed by atoms with Crippen molar-refractivity contribution >= 4 is 5.82 Å². The Balaban J connectivity index is 0.00000220. The van der Waals surface area contributed by atoms with E-state index in [1.54, 1.807) is 27.0 Å². The average Bonchev–Trinajstić information content (AvgIpc) is 2.67. The van der Waals surface area contributed by atoms with E-state index in [1.165, 1.54) is 4.68 Å². The van der Waals surface area contributed by atoms with Crippen molar-refractivity contribution in [1.29, 1.82) is 5.26 Å². The first-order chi connectivity index (χ1) is 9.36.